The predicted octanol–water partition coefficient (Wildman–Crippen LogP) is 3.81. The maximum Gasteiger partial charge on any atom is 0.248 e. The van der Waals surface area contributed by atoms with E-state index < -0.39 is 10.0 Å². The molecular formula is C21H25N3O5S. The van der Waals surface area contributed by atoms with Crippen LogP contribution in [0.4, 0.5) is 0 Å². The average molecular weight is 432 g/mol. The van der Waals surface area contributed by atoms with E-state index in [0.29, 0.717) is 34.6 Å². The van der Waals surface area contributed by atoms with Crippen molar-refractivity contribution in [2.45, 2.75) is 38.1 Å². The van der Waals surface area contributed by atoms with Gasteiger partial charge in [-0.2, -0.15) is 0 Å². The second kappa shape index (κ2) is 8.85. The number of sulfonamides is 1. The van der Waals surface area contributed by atoms with E-state index in [-0.39, 0.29) is 22.7 Å². The van der Waals surface area contributed by atoms with Crippen LogP contribution in [0, 0.1) is 6.92 Å². The highest BCUT2D eigenvalue weighted by atomic mass is 32.2. The molecular weight excluding hydrogens is 406 g/mol. The number of hydrogen-bond donors (Lipinski definition) is 1. The summed E-state index contributed by atoms with van der Waals surface area (Å²) in [4.78, 5) is 0.186. The molecule has 0 fully saturated rings. The van der Waals surface area contributed by atoms with Gasteiger partial charge in [-0.15, -0.1) is 10.2 Å². The maximum atomic E-state index is 12.8. The first-order chi connectivity index (χ1) is 14.3. The van der Waals surface area contributed by atoms with Gasteiger partial charge in [-0.25, -0.2) is 13.1 Å². The molecule has 1 heterocycles. The van der Waals surface area contributed by atoms with Gasteiger partial charge in [0, 0.05) is 17.2 Å². The number of nitrogens with zero attached hydrogens (tertiary/aromatic N) is 2. The summed E-state index contributed by atoms with van der Waals surface area (Å²) in [7, 11) is -0.564. The summed E-state index contributed by atoms with van der Waals surface area (Å²) in [5, 5.41) is 8.18. The molecule has 3 rings (SSSR count). The molecule has 0 aliphatic heterocycles. The lowest BCUT2D eigenvalue weighted by atomic mass is 10.1. The number of methoxy groups -OCH3 is 2. The Labute approximate surface area is 176 Å². The highest BCUT2D eigenvalue weighted by molar-refractivity contribution is 7.89. The van der Waals surface area contributed by atoms with Gasteiger partial charge < -0.3 is 13.9 Å². The fourth-order valence-corrected chi connectivity index (χ4v) is 4.46. The SMILES string of the molecule is CCC(C)NS(=O)(=O)c1cc(-c2nnc(-c3ccc(OC)c(OC)c3)o2)ccc1C. The molecule has 1 aromatic heterocycles. The van der Waals surface area contributed by atoms with Crippen LogP contribution in [0.15, 0.2) is 45.7 Å². The minimum absolute atomic E-state index is 0.168. The third-order valence-electron chi connectivity index (χ3n) is 4.75. The largest absolute Gasteiger partial charge is 0.493 e. The Hall–Kier alpha value is -2.91. The lowest BCUT2D eigenvalue weighted by Crippen LogP contribution is -2.32. The summed E-state index contributed by atoms with van der Waals surface area (Å²) in [6.07, 6.45) is 0.691. The summed E-state index contributed by atoms with van der Waals surface area (Å²) >= 11 is 0. The second-order valence-corrected chi connectivity index (χ2v) is 8.58. The van der Waals surface area contributed by atoms with E-state index in [2.05, 4.69) is 14.9 Å². The van der Waals surface area contributed by atoms with Gasteiger partial charge in [-0.1, -0.05) is 13.0 Å². The minimum Gasteiger partial charge on any atom is -0.493 e. The van der Waals surface area contributed by atoms with Gasteiger partial charge in [0.1, 0.15) is 0 Å². The Morgan fingerprint density at radius 2 is 1.60 bits per heavy atom. The molecule has 3 aromatic rings. The zero-order valence-corrected chi connectivity index (χ0v) is 18.4. The normalized spacial score (nSPS) is 12.6. The molecule has 0 bridgehead atoms. The molecule has 0 saturated carbocycles. The lowest BCUT2D eigenvalue weighted by Gasteiger charge is -2.14. The Balaban J connectivity index is 1.96. The summed E-state index contributed by atoms with van der Waals surface area (Å²) in [5.74, 6) is 1.63. The quantitative estimate of drug-likeness (QED) is 0.578. The van der Waals surface area contributed by atoms with E-state index in [1.54, 1.807) is 57.5 Å². The molecule has 0 spiro atoms. The van der Waals surface area contributed by atoms with Crippen molar-refractivity contribution in [3.8, 4) is 34.4 Å². The van der Waals surface area contributed by atoms with Crippen molar-refractivity contribution in [3.05, 3.63) is 42.0 Å². The maximum absolute atomic E-state index is 12.8. The van der Waals surface area contributed by atoms with E-state index in [9.17, 15) is 8.42 Å². The highest BCUT2D eigenvalue weighted by Crippen LogP contribution is 2.33. The topological polar surface area (TPSA) is 104 Å². The molecule has 30 heavy (non-hydrogen) atoms. The molecule has 1 unspecified atom stereocenters. The second-order valence-electron chi connectivity index (χ2n) is 6.89. The van der Waals surface area contributed by atoms with Crippen LogP contribution in [-0.4, -0.2) is 38.9 Å². The highest BCUT2D eigenvalue weighted by Gasteiger charge is 2.21. The number of aromatic nitrogens is 2. The van der Waals surface area contributed by atoms with Crippen LogP contribution in [0.2, 0.25) is 0 Å². The molecule has 9 heteroatoms. The van der Waals surface area contributed by atoms with Crippen molar-refractivity contribution < 1.29 is 22.3 Å². The number of benzene rings is 2. The van der Waals surface area contributed by atoms with Gasteiger partial charge in [-0.3, -0.25) is 0 Å². The fraction of sp³-hybridized carbons (Fsp3) is 0.333. The standard InChI is InChI=1S/C21H25N3O5S/c1-6-14(3)24-30(25,26)19-12-16(8-7-13(19)2)21-23-22-20(29-21)15-9-10-17(27-4)18(11-15)28-5/h7-12,14,24H,6H2,1-5H3. The lowest BCUT2D eigenvalue weighted by molar-refractivity contribution is 0.355. The zero-order chi connectivity index (χ0) is 21.9. The van der Waals surface area contributed by atoms with Gasteiger partial charge in [0.05, 0.1) is 19.1 Å². The van der Waals surface area contributed by atoms with Crippen molar-refractivity contribution >= 4 is 10.0 Å². The minimum atomic E-state index is -3.67. The van der Waals surface area contributed by atoms with Crippen molar-refractivity contribution in [1.82, 2.24) is 14.9 Å². The van der Waals surface area contributed by atoms with Gasteiger partial charge >= 0.3 is 0 Å². The average Bonchev–Trinajstić information content (AvgIpc) is 3.23. The molecule has 8 nitrogen and oxygen atoms in total. The van der Waals surface area contributed by atoms with E-state index in [1.807, 2.05) is 13.8 Å². The summed E-state index contributed by atoms with van der Waals surface area (Å²) in [6, 6.07) is 10.1. The van der Waals surface area contributed by atoms with E-state index in [0.717, 1.165) is 0 Å². The third kappa shape index (κ3) is 4.47. The molecule has 160 valence electrons. The Bertz CT molecular complexity index is 1140. The molecule has 0 amide bonds. The Morgan fingerprint density at radius 3 is 2.20 bits per heavy atom. The van der Waals surface area contributed by atoms with E-state index in [4.69, 9.17) is 13.9 Å². The van der Waals surface area contributed by atoms with Crippen LogP contribution >= 0.6 is 0 Å². The predicted molar refractivity (Wildman–Crippen MR) is 113 cm³/mol. The third-order valence-corrected chi connectivity index (χ3v) is 6.48. The first kappa shape index (κ1) is 21.8. The van der Waals surface area contributed by atoms with Gasteiger partial charge in [0.15, 0.2) is 11.5 Å². The first-order valence-electron chi connectivity index (χ1n) is 9.48. The van der Waals surface area contributed by atoms with Crippen molar-refractivity contribution in [2.75, 3.05) is 14.2 Å². The van der Waals surface area contributed by atoms with Gasteiger partial charge in [0.2, 0.25) is 21.8 Å². The molecule has 0 saturated heterocycles. The molecule has 2 aromatic carbocycles. The zero-order valence-electron chi connectivity index (χ0n) is 17.6. The summed E-state index contributed by atoms with van der Waals surface area (Å²) in [5.41, 5.74) is 1.81. The van der Waals surface area contributed by atoms with Crippen LogP contribution in [0.5, 0.6) is 11.5 Å². The molecule has 0 radical (unpaired) electrons. The number of aryl methyl sites for hydroxylation is 1. The van der Waals surface area contributed by atoms with Gasteiger partial charge in [-0.05, 0) is 56.2 Å². The smallest absolute Gasteiger partial charge is 0.248 e. The number of ether oxygens (including phenoxy) is 2. The molecule has 1 atom stereocenters. The Morgan fingerprint density at radius 1 is 1.00 bits per heavy atom. The van der Waals surface area contributed by atoms with Crippen LogP contribution < -0.4 is 14.2 Å². The molecule has 0 aliphatic rings. The molecule has 0 aliphatic carbocycles. The van der Waals surface area contributed by atoms with Crippen LogP contribution in [0.3, 0.4) is 0 Å². The van der Waals surface area contributed by atoms with Gasteiger partial charge in [0.25, 0.3) is 0 Å². The van der Waals surface area contributed by atoms with Crippen LogP contribution in [0.1, 0.15) is 25.8 Å². The van der Waals surface area contributed by atoms with Crippen molar-refractivity contribution in [1.29, 1.82) is 0 Å². The van der Waals surface area contributed by atoms with E-state index in [1.165, 1.54) is 0 Å². The monoisotopic (exact) mass is 431 g/mol. The number of hydrogen-bond acceptors (Lipinski definition) is 7. The van der Waals surface area contributed by atoms with Crippen LogP contribution in [0.25, 0.3) is 22.9 Å². The number of nitrogens with one attached hydrogen (secondary N) is 1. The first-order valence-corrected chi connectivity index (χ1v) is 11.0. The van der Waals surface area contributed by atoms with Crippen LogP contribution in [-0.2, 0) is 10.0 Å². The summed E-state index contributed by atoms with van der Waals surface area (Å²) < 4.78 is 44.5. The number of rotatable bonds is 8. The Kier molecular flexibility index (Phi) is 6.42. The summed E-state index contributed by atoms with van der Waals surface area (Å²) in [6.45, 7) is 5.49. The van der Waals surface area contributed by atoms with E-state index >= 15 is 0 Å². The van der Waals surface area contributed by atoms with Crippen molar-refractivity contribution in [3.63, 3.8) is 0 Å². The molecule has 1 N–H and O–H groups in total. The van der Waals surface area contributed by atoms with Crippen molar-refractivity contribution in [2.24, 2.45) is 0 Å². The fourth-order valence-electron chi connectivity index (χ4n) is 2.86.